The summed E-state index contributed by atoms with van der Waals surface area (Å²) >= 11 is 0. The zero-order valence-electron chi connectivity index (χ0n) is 17.6. The van der Waals surface area contributed by atoms with E-state index in [0.29, 0.717) is 22.6 Å². The van der Waals surface area contributed by atoms with E-state index in [-0.39, 0.29) is 34.3 Å². The number of carbonyl (C=O) groups is 2. The maximum Gasteiger partial charge on any atom is 0.343 e. The van der Waals surface area contributed by atoms with Gasteiger partial charge in [0.25, 0.3) is 5.69 Å². The first kappa shape index (κ1) is 21.6. The fraction of sp³-hybridized carbons (Fsp3) is 0.0833. The smallest absolute Gasteiger partial charge is 0.343 e. The molecule has 1 heterocycles. The predicted octanol–water partition coefficient (Wildman–Crippen LogP) is 4.45. The van der Waals surface area contributed by atoms with Gasteiger partial charge in [-0.2, -0.15) is 0 Å². The van der Waals surface area contributed by atoms with Gasteiger partial charge in [-0.05, 0) is 48.5 Å². The van der Waals surface area contributed by atoms with Gasteiger partial charge in [0.15, 0.2) is 5.76 Å². The van der Waals surface area contributed by atoms with Crippen molar-refractivity contribution in [1.82, 2.24) is 0 Å². The molecule has 0 unspecified atom stereocenters. The molecule has 9 heteroatoms. The molecule has 1 aliphatic rings. The van der Waals surface area contributed by atoms with Gasteiger partial charge < -0.3 is 18.9 Å². The van der Waals surface area contributed by atoms with E-state index in [2.05, 4.69) is 0 Å². The second-order valence-electron chi connectivity index (χ2n) is 6.90. The minimum absolute atomic E-state index is 0.0791. The van der Waals surface area contributed by atoms with Crippen molar-refractivity contribution in [3.8, 4) is 23.0 Å². The van der Waals surface area contributed by atoms with Crippen LogP contribution in [0.2, 0.25) is 0 Å². The van der Waals surface area contributed by atoms with Crippen LogP contribution in [0.4, 0.5) is 5.69 Å². The van der Waals surface area contributed by atoms with Gasteiger partial charge >= 0.3 is 5.97 Å². The summed E-state index contributed by atoms with van der Waals surface area (Å²) in [5.41, 5.74) is 0.919. The molecule has 0 aliphatic carbocycles. The first-order chi connectivity index (χ1) is 15.9. The van der Waals surface area contributed by atoms with Crippen LogP contribution in [0.5, 0.6) is 23.0 Å². The molecule has 1 aliphatic heterocycles. The first-order valence-corrected chi connectivity index (χ1v) is 9.66. The number of rotatable bonds is 6. The number of Topliss-reactive ketones (excluding diaryl/α,β-unsaturated/α-hetero) is 1. The lowest BCUT2D eigenvalue weighted by molar-refractivity contribution is -0.384. The minimum Gasteiger partial charge on any atom is -0.497 e. The molecule has 0 amide bonds. The van der Waals surface area contributed by atoms with Crippen LogP contribution in [0, 0.1) is 10.1 Å². The molecule has 33 heavy (non-hydrogen) atoms. The number of hydrogen-bond acceptors (Lipinski definition) is 8. The molecule has 4 rings (SSSR count). The first-order valence-electron chi connectivity index (χ1n) is 9.66. The van der Waals surface area contributed by atoms with Crippen molar-refractivity contribution in [2.75, 3.05) is 14.2 Å². The van der Waals surface area contributed by atoms with Gasteiger partial charge in [0, 0.05) is 23.8 Å². The number of allylic oxidation sites excluding steroid dienone is 1. The standard InChI is InChI=1S/C24H17NO8/c1-30-17-8-10-20(31-2)15(11-17)12-22-23(26)19-9-7-18(13-21(19)33-22)32-24(27)14-3-5-16(6-4-14)25(28)29/h3-13H,1-2H3/b22-12-. The molecule has 0 bridgehead atoms. The Morgan fingerprint density at radius 1 is 0.970 bits per heavy atom. The summed E-state index contributed by atoms with van der Waals surface area (Å²) in [6, 6.07) is 14.6. The SMILES string of the molecule is COc1ccc(OC)c(/C=C2\Oc3cc(OC(=O)c4ccc([N+](=O)[O-])cc4)ccc3C2=O)c1. The molecular formula is C24H17NO8. The average molecular weight is 447 g/mol. The van der Waals surface area contributed by atoms with Crippen LogP contribution < -0.4 is 18.9 Å². The number of methoxy groups -OCH3 is 2. The van der Waals surface area contributed by atoms with Crippen molar-refractivity contribution in [2.24, 2.45) is 0 Å². The maximum absolute atomic E-state index is 12.8. The monoisotopic (exact) mass is 447 g/mol. The zero-order valence-corrected chi connectivity index (χ0v) is 17.6. The number of non-ortho nitro benzene ring substituents is 1. The molecule has 0 atom stereocenters. The fourth-order valence-corrected chi connectivity index (χ4v) is 3.21. The van der Waals surface area contributed by atoms with E-state index in [4.69, 9.17) is 18.9 Å². The van der Waals surface area contributed by atoms with Crippen molar-refractivity contribution < 1.29 is 33.5 Å². The molecule has 0 spiro atoms. The quantitative estimate of drug-likeness (QED) is 0.179. The van der Waals surface area contributed by atoms with Gasteiger partial charge in [-0.3, -0.25) is 14.9 Å². The molecule has 9 nitrogen and oxygen atoms in total. The third-order valence-electron chi connectivity index (χ3n) is 4.89. The molecule has 166 valence electrons. The van der Waals surface area contributed by atoms with E-state index < -0.39 is 10.9 Å². The number of carbonyl (C=O) groups excluding carboxylic acids is 2. The molecule has 0 saturated carbocycles. The minimum atomic E-state index is -0.703. The van der Waals surface area contributed by atoms with Crippen LogP contribution >= 0.6 is 0 Å². The number of ether oxygens (including phenoxy) is 4. The summed E-state index contributed by atoms with van der Waals surface area (Å²) < 4.78 is 21.6. The van der Waals surface area contributed by atoms with Crippen LogP contribution in [0.3, 0.4) is 0 Å². The van der Waals surface area contributed by atoms with Crippen LogP contribution in [0.15, 0.2) is 66.4 Å². The van der Waals surface area contributed by atoms with Crippen molar-refractivity contribution >= 4 is 23.5 Å². The number of hydrogen-bond donors (Lipinski definition) is 0. The number of nitro benzene ring substituents is 1. The Labute approximate surface area is 187 Å². The van der Waals surface area contributed by atoms with E-state index in [0.717, 1.165) is 0 Å². The summed E-state index contributed by atoms with van der Waals surface area (Å²) in [6.45, 7) is 0. The number of nitro groups is 1. The molecule has 3 aromatic carbocycles. The van der Waals surface area contributed by atoms with Crippen molar-refractivity contribution in [3.63, 3.8) is 0 Å². The van der Waals surface area contributed by atoms with Gasteiger partial charge in [0.1, 0.15) is 23.0 Å². The largest absolute Gasteiger partial charge is 0.497 e. The van der Waals surface area contributed by atoms with Crippen LogP contribution in [-0.4, -0.2) is 30.9 Å². The molecule has 3 aromatic rings. The van der Waals surface area contributed by atoms with E-state index in [1.807, 2.05) is 0 Å². The number of fused-ring (bicyclic) bond motifs is 1. The van der Waals surface area contributed by atoms with Crippen molar-refractivity contribution in [2.45, 2.75) is 0 Å². The highest BCUT2D eigenvalue weighted by molar-refractivity contribution is 6.14. The van der Waals surface area contributed by atoms with E-state index in [1.54, 1.807) is 24.3 Å². The molecule has 0 N–H and O–H groups in total. The second kappa shape index (κ2) is 8.83. The molecular weight excluding hydrogens is 430 g/mol. The normalized spacial score (nSPS) is 13.3. The summed E-state index contributed by atoms with van der Waals surface area (Å²) in [7, 11) is 3.05. The Bertz CT molecular complexity index is 1290. The van der Waals surface area contributed by atoms with E-state index >= 15 is 0 Å². The van der Waals surface area contributed by atoms with E-state index in [1.165, 1.54) is 56.7 Å². The summed E-state index contributed by atoms with van der Waals surface area (Å²) in [5, 5.41) is 10.7. The summed E-state index contributed by atoms with van der Waals surface area (Å²) in [5.74, 6) is 0.566. The Morgan fingerprint density at radius 3 is 2.36 bits per heavy atom. The summed E-state index contributed by atoms with van der Waals surface area (Å²) in [4.78, 5) is 35.3. The van der Waals surface area contributed by atoms with Gasteiger partial charge in [-0.1, -0.05) is 0 Å². The van der Waals surface area contributed by atoms with Gasteiger partial charge in [-0.25, -0.2) is 4.79 Å². The molecule has 0 fully saturated rings. The number of esters is 1. The molecule has 0 radical (unpaired) electrons. The lowest BCUT2D eigenvalue weighted by Gasteiger charge is -2.08. The highest BCUT2D eigenvalue weighted by Gasteiger charge is 2.28. The lowest BCUT2D eigenvalue weighted by Crippen LogP contribution is -2.08. The van der Waals surface area contributed by atoms with Crippen molar-refractivity contribution in [1.29, 1.82) is 0 Å². The lowest BCUT2D eigenvalue weighted by atomic mass is 10.1. The Kier molecular flexibility index (Phi) is 5.77. The number of ketones is 1. The highest BCUT2D eigenvalue weighted by Crippen LogP contribution is 2.36. The summed E-state index contributed by atoms with van der Waals surface area (Å²) in [6.07, 6.45) is 1.55. The van der Waals surface area contributed by atoms with Crippen molar-refractivity contribution in [3.05, 3.63) is 93.2 Å². The van der Waals surface area contributed by atoms with Gasteiger partial charge in [0.2, 0.25) is 5.78 Å². The second-order valence-corrected chi connectivity index (χ2v) is 6.90. The van der Waals surface area contributed by atoms with Gasteiger partial charge in [0.05, 0.1) is 30.3 Å². The van der Waals surface area contributed by atoms with Crippen LogP contribution in [-0.2, 0) is 0 Å². The third-order valence-corrected chi connectivity index (χ3v) is 4.89. The third kappa shape index (κ3) is 4.38. The Hall–Kier alpha value is -4.66. The Morgan fingerprint density at radius 2 is 1.70 bits per heavy atom. The fourth-order valence-electron chi connectivity index (χ4n) is 3.21. The maximum atomic E-state index is 12.8. The average Bonchev–Trinajstić information content (AvgIpc) is 3.13. The topological polar surface area (TPSA) is 114 Å². The van der Waals surface area contributed by atoms with E-state index in [9.17, 15) is 19.7 Å². The highest BCUT2D eigenvalue weighted by atomic mass is 16.6. The molecule has 0 saturated heterocycles. The van der Waals surface area contributed by atoms with Crippen LogP contribution in [0.1, 0.15) is 26.3 Å². The number of benzene rings is 3. The molecule has 0 aromatic heterocycles. The number of nitrogens with zero attached hydrogens (tertiary/aromatic N) is 1. The van der Waals surface area contributed by atoms with Crippen LogP contribution in [0.25, 0.3) is 6.08 Å². The zero-order chi connectivity index (χ0) is 23.5. The predicted molar refractivity (Wildman–Crippen MR) is 117 cm³/mol. The Balaban J connectivity index is 1.55. The van der Waals surface area contributed by atoms with Gasteiger partial charge in [-0.15, -0.1) is 0 Å².